The molecule has 21 heavy (non-hydrogen) atoms. The number of carboxylic acid groups (broad SMARTS) is 1. The van der Waals surface area contributed by atoms with Gasteiger partial charge in [0.05, 0.1) is 0 Å². The van der Waals surface area contributed by atoms with Crippen LogP contribution in [0.2, 0.25) is 0 Å². The number of nitrogens with zero attached hydrogens (tertiary/aromatic N) is 1. The van der Waals surface area contributed by atoms with Crippen LogP contribution >= 0.6 is 0 Å². The van der Waals surface area contributed by atoms with E-state index >= 15 is 0 Å². The molecular weight excluding hydrogens is 275 g/mol. The molecule has 2 N–H and O–H groups in total. The number of rotatable bonds is 5. The number of aliphatic carboxylic acids is 1. The maximum absolute atomic E-state index is 13.0. The van der Waals surface area contributed by atoms with E-state index in [0.29, 0.717) is 0 Å². The molecule has 0 aliphatic heterocycles. The van der Waals surface area contributed by atoms with Crippen LogP contribution in [0.1, 0.15) is 15.9 Å². The first-order valence-corrected chi connectivity index (χ1v) is 6.25. The highest BCUT2D eigenvalue weighted by Gasteiger charge is 2.21. The fraction of sp³-hybridized carbons (Fsp3) is 0.133. The van der Waals surface area contributed by atoms with Crippen molar-refractivity contribution in [3.63, 3.8) is 0 Å². The van der Waals surface area contributed by atoms with Gasteiger partial charge in [0.1, 0.15) is 6.04 Å². The highest BCUT2D eigenvalue weighted by atomic mass is 19.1. The van der Waals surface area contributed by atoms with Gasteiger partial charge in [-0.1, -0.05) is 30.3 Å². The Kier molecular flexibility index (Phi) is 4.61. The predicted molar refractivity (Wildman–Crippen MR) is 73.2 cm³/mol. The molecule has 0 radical (unpaired) electrons. The molecule has 6 heteroatoms. The maximum atomic E-state index is 13.0. The number of amides is 1. The summed E-state index contributed by atoms with van der Waals surface area (Å²) in [5.74, 6) is -2.60. The third kappa shape index (κ3) is 4.10. The Morgan fingerprint density at radius 2 is 1.95 bits per heavy atom. The zero-order valence-corrected chi connectivity index (χ0v) is 11.0. The monoisotopic (exact) mass is 288 g/mol. The Bertz CT molecular complexity index is 646. The molecule has 0 aliphatic rings. The van der Waals surface area contributed by atoms with Crippen molar-refractivity contribution in [2.45, 2.75) is 12.5 Å². The Morgan fingerprint density at radius 1 is 1.24 bits per heavy atom. The SMILES string of the molecule is O=C(N[C@H](Cc1ccccc1)C(=O)O)c1ccnc(F)c1. The van der Waals surface area contributed by atoms with Crippen molar-refractivity contribution < 1.29 is 19.1 Å². The second-order valence-corrected chi connectivity index (χ2v) is 4.42. The van der Waals surface area contributed by atoms with Gasteiger partial charge in [-0.2, -0.15) is 4.39 Å². The zero-order valence-electron chi connectivity index (χ0n) is 11.0. The van der Waals surface area contributed by atoms with E-state index in [2.05, 4.69) is 10.3 Å². The molecule has 0 spiro atoms. The van der Waals surface area contributed by atoms with Crippen LogP contribution in [0.3, 0.4) is 0 Å². The molecule has 5 nitrogen and oxygen atoms in total. The van der Waals surface area contributed by atoms with Crippen LogP contribution in [0.25, 0.3) is 0 Å². The van der Waals surface area contributed by atoms with Crippen molar-refractivity contribution in [3.8, 4) is 0 Å². The van der Waals surface area contributed by atoms with Crippen LogP contribution in [0.4, 0.5) is 4.39 Å². The van der Waals surface area contributed by atoms with E-state index in [0.717, 1.165) is 17.8 Å². The van der Waals surface area contributed by atoms with Gasteiger partial charge in [0.25, 0.3) is 5.91 Å². The van der Waals surface area contributed by atoms with E-state index in [9.17, 15) is 19.1 Å². The van der Waals surface area contributed by atoms with E-state index in [4.69, 9.17) is 0 Å². The minimum atomic E-state index is -1.15. The van der Waals surface area contributed by atoms with E-state index in [-0.39, 0.29) is 12.0 Å². The van der Waals surface area contributed by atoms with Crippen molar-refractivity contribution >= 4 is 11.9 Å². The minimum Gasteiger partial charge on any atom is -0.480 e. The Morgan fingerprint density at radius 3 is 2.57 bits per heavy atom. The number of pyridine rings is 1. The molecule has 2 rings (SSSR count). The van der Waals surface area contributed by atoms with Crippen LogP contribution in [0.5, 0.6) is 0 Å². The Hall–Kier alpha value is -2.76. The molecule has 0 saturated carbocycles. The standard InChI is InChI=1S/C15H13FN2O3/c16-13-9-11(6-7-17-13)14(19)18-12(15(20)21)8-10-4-2-1-3-5-10/h1-7,9,12H,8H2,(H,18,19)(H,20,21)/t12-/m1/s1. The lowest BCUT2D eigenvalue weighted by molar-refractivity contribution is -0.139. The number of benzene rings is 1. The van der Waals surface area contributed by atoms with Gasteiger partial charge in [-0.25, -0.2) is 9.78 Å². The molecule has 1 atom stereocenters. The van der Waals surface area contributed by atoms with Crippen LogP contribution in [0, 0.1) is 5.95 Å². The van der Waals surface area contributed by atoms with E-state index < -0.39 is 23.9 Å². The summed E-state index contributed by atoms with van der Waals surface area (Å²) in [5.41, 5.74) is 0.813. The minimum absolute atomic E-state index is 0.0295. The first-order valence-electron chi connectivity index (χ1n) is 6.25. The van der Waals surface area contributed by atoms with Gasteiger partial charge in [-0.15, -0.1) is 0 Å². The molecule has 0 fully saturated rings. The smallest absolute Gasteiger partial charge is 0.326 e. The molecule has 1 aromatic heterocycles. The van der Waals surface area contributed by atoms with Crippen LogP contribution in [-0.2, 0) is 11.2 Å². The van der Waals surface area contributed by atoms with Crippen molar-refractivity contribution in [2.75, 3.05) is 0 Å². The summed E-state index contributed by atoms with van der Waals surface area (Å²) < 4.78 is 13.0. The van der Waals surface area contributed by atoms with Crippen LogP contribution in [0.15, 0.2) is 48.7 Å². The quantitative estimate of drug-likeness (QED) is 0.820. The number of aromatic nitrogens is 1. The lowest BCUT2D eigenvalue weighted by Gasteiger charge is -2.14. The predicted octanol–water partition coefficient (Wildman–Crippen LogP) is 1.65. The molecule has 0 unspecified atom stereocenters. The number of hydrogen-bond donors (Lipinski definition) is 2. The zero-order chi connectivity index (χ0) is 15.2. The van der Waals surface area contributed by atoms with Gasteiger partial charge in [0, 0.05) is 24.2 Å². The summed E-state index contributed by atoms with van der Waals surface area (Å²) >= 11 is 0. The van der Waals surface area contributed by atoms with Gasteiger partial charge >= 0.3 is 5.97 Å². The molecule has 2 aromatic rings. The highest BCUT2D eigenvalue weighted by molar-refractivity contribution is 5.96. The Labute approximate surface area is 120 Å². The molecule has 108 valence electrons. The molecule has 1 amide bonds. The van der Waals surface area contributed by atoms with Crippen molar-refractivity contribution in [1.29, 1.82) is 0 Å². The summed E-state index contributed by atoms with van der Waals surface area (Å²) in [7, 11) is 0. The van der Waals surface area contributed by atoms with Crippen molar-refractivity contribution in [1.82, 2.24) is 10.3 Å². The second kappa shape index (κ2) is 6.60. The normalized spacial score (nSPS) is 11.7. The summed E-state index contributed by atoms with van der Waals surface area (Å²) in [6.07, 6.45) is 1.30. The summed E-state index contributed by atoms with van der Waals surface area (Å²) in [6.45, 7) is 0. The Balaban J connectivity index is 2.10. The number of nitrogens with one attached hydrogen (secondary N) is 1. The maximum Gasteiger partial charge on any atom is 0.326 e. The van der Waals surface area contributed by atoms with Crippen molar-refractivity contribution in [3.05, 3.63) is 65.7 Å². The average Bonchev–Trinajstić information content (AvgIpc) is 2.47. The number of hydrogen-bond acceptors (Lipinski definition) is 3. The molecule has 1 heterocycles. The first-order chi connectivity index (χ1) is 10.1. The first kappa shape index (κ1) is 14.6. The van der Waals surface area contributed by atoms with Crippen molar-refractivity contribution in [2.24, 2.45) is 0 Å². The fourth-order valence-electron chi connectivity index (χ4n) is 1.84. The number of carbonyl (C=O) groups is 2. The molecular formula is C15H13FN2O3. The second-order valence-electron chi connectivity index (χ2n) is 4.42. The number of carbonyl (C=O) groups excluding carboxylic acids is 1. The van der Waals surface area contributed by atoms with Crippen LogP contribution in [-0.4, -0.2) is 28.0 Å². The number of halogens is 1. The van der Waals surface area contributed by atoms with Gasteiger partial charge in [0.15, 0.2) is 0 Å². The largest absolute Gasteiger partial charge is 0.480 e. The van der Waals surface area contributed by atoms with Gasteiger partial charge in [-0.3, -0.25) is 4.79 Å². The highest BCUT2D eigenvalue weighted by Crippen LogP contribution is 2.06. The summed E-state index contributed by atoms with van der Waals surface area (Å²) in [4.78, 5) is 26.5. The molecule has 1 aromatic carbocycles. The van der Waals surface area contributed by atoms with E-state index in [1.807, 2.05) is 6.07 Å². The fourth-order valence-corrected chi connectivity index (χ4v) is 1.84. The van der Waals surface area contributed by atoms with Gasteiger partial charge in [-0.05, 0) is 11.6 Å². The van der Waals surface area contributed by atoms with E-state index in [1.165, 1.54) is 6.07 Å². The molecule has 0 saturated heterocycles. The third-order valence-electron chi connectivity index (χ3n) is 2.87. The molecule has 0 bridgehead atoms. The van der Waals surface area contributed by atoms with Gasteiger partial charge < -0.3 is 10.4 Å². The third-order valence-corrected chi connectivity index (χ3v) is 2.87. The topological polar surface area (TPSA) is 79.3 Å². The number of carboxylic acids is 1. The summed E-state index contributed by atoms with van der Waals surface area (Å²) in [6, 6.07) is 10.1. The average molecular weight is 288 g/mol. The van der Waals surface area contributed by atoms with Crippen LogP contribution < -0.4 is 5.32 Å². The molecule has 0 aliphatic carbocycles. The van der Waals surface area contributed by atoms with Gasteiger partial charge in [0.2, 0.25) is 5.95 Å². The lowest BCUT2D eigenvalue weighted by atomic mass is 10.1. The lowest BCUT2D eigenvalue weighted by Crippen LogP contribution is -2.42. The van der Waals surface area contributed by atoms with E-state index in [1.54, 1.807) is 24.3 Å². The summed E-state index contributed by atoms with van der Waals surface area (Å²) in [5, 5.41) is 11.6.